The quantitative estimate of drug-likeness (QED) is 0.872. The van der Waals surface area contributed by atoms with E-state index in [9.17, 15) is 9.18 Å². The van der Waals surface area contributed by atoms with Crippen LogP contribution in [0.3, 0.4) is 0 Å². The van der Waals surface area contributed by atoms with E-state index in [0.717, 1.165) is 31.0 Å². The van der Waals surface area contributed by atoms with Gasteiger partial charge < -0.3 is 10.0 Å². The summed E-state index contributed by atoms with van der Waals surface area (Å²) in [4.78, 5) is 13.0. The number of aromatic carboxylic acids is 1. The number of anilines is 1. The predicted octanol–water partition coefficient (Wildman–Crippen LogP) is 2.90. The van der Waals surface area contributed by atoms with Crippen molar-refractivity contribution in [2.75, 3.05) is 11.4 Å². The minimum Gasteiger partial charge on any atom is -0.478 e. The lowest BCUT2D eigenvalue weighted by molar-refractivity contribution is 0.0692. The number of halogens is 1. The molecule has 4 heteroatoms. The van der Waals surface area contributed by atoms with Crippen LogP contribution < -0.4 is 4.90 Å². The van der Waals surface area contributed by atoms with Gasteiger partial charge in [0.15, 0.2) is 0 Å². The maximum Gasteiger partial charge on any atom is 0.338 e. The van der Waals surface area contributed by atoms with E-state index >= 15 is 0 Å². The van der Waals surface area contributed by atoms with Gasteiger partial charge >= 0.3 is 5.97 Å². The first-order valence-electron chi connectivity index (χ1n) is 6.44. The van der Waals surface area contributed by atoms with Gasteiger partial charge in [-0.2, -0.15) is 0 Å². The van der Waals surface area contributed by atoms with Crippen molar-refractivity contribution in [1.29, 1.82) is 0 Å². The van der Waals surface area contributed by atoms with Crippen LogP contribution in [0.5, 0.6) is 0 Å². The molecule has 0 aromatic heterocycles. The Hall–Kier alpha value is -1.58. The summed E-state index contributed by atoms with van der Waals surface area (Å²) in [6.45, 7) is 0.983. The molecular weight excluding hydrogens is 233 g/mol. The van der Waals surface area contributed by atoms with Gasteiger partial charge in [-0.25, -0.2) is 9.18 Å². The highest BCUT2D eigenvalue weighted by molar-refractivity contribution is 5.88. The number of carbonyl (C=O) groups is 1. The van der Waals surface area contributed by atoms with Crippen LogP contribution in [-0.4, -0.2) is 23.7 Å². The standard InChI is InChI=1S/C14H16FNO2/c15-13-7-11(5-6-12(13)14(17)18)16(10-3-4-10)8-9-1-2-9/h5-7,9-10H,1-4,8H2,(H,17,18). The third-order valence-corrected chi connectivity index (χ3v) is 3.65. The van der Waals surface area contributed by atoms with E-state index in [1.54, 1.807) is 6.07 Å². The molecule has 1 N–H and O–H groups in total. The lowest BCUT2D eigenvalue weighted by Crippen LogP contribution is -2.28. The van der Waals surface area contributed by atoms with Crippen LogP contribution in [0.1, 0.15) is 36.0 Å². The number of carboxylic acids is 1. The fourth-order valence-corrected chi connectivity index (χ4v) is 2.29. The molecule has 2 aliphatic carbocycles. The number of carboxylic acid groups (broad SMARTS) is 1. The predicted molar refractivity (Wildman–Crippen MR) is 66.5 cm³/mol. The highest BCUT2D eigenvalue weighted by Crippen LogP contribution is 2.38. The lowest BCUT2D eigenvalue weighted by Gasteiger charge is -2.25. The van der Waals surface area contributed by atoms with E-state index in [0.29, 0.717) is 6.04 Å². The summed E-state index contributed by atoms with van der Waals surface area (Å²) in [5.41, 5.74) is 0.577. The Morgan fingerprint density at radius 2 is 2.06 bits per heavy atom. The van der Waals surface area contributed by atoms with Gasteiger partial charge in [0.05, 0.1) is 5.56 Å². The molecule has 0 bridgehead atoms. The molecule has 2 saturated carbocycles. The van der Waals surface area contributed by atoms with Gasteiger partial charge in [0.1, 0.15) is 5.82 Å². The maximum atomic E-state index is 13.7. The molecule has 1 aromatic carbocycles. The summed E-state index contributed by atoms with van der Waals surface area (Å²) in [7, 11) is 0. The van der Waals surface area contributed by atoms with Crippen molar-refractivity contribution in [3.63, 3.8) is 0 Å². The number of benzene rings is 1. The molecule has 0 saturated heterocycles. The van der Waals surface area contributed by atoms with Gasteiger partial charge in [0.25, 0.3) is 0 Å². The average Bonchev–Trinajstić information content (AvgIpc) is 3.18. The first kappa shape index (κ1) is 11.5. The Bertz CT molecular complexity index is 481. The first-order valence-corrected chi connectivity index (χ1v) is 6.44. The highest BCUT2D eigenvalue weighted by Gasteiger charge is 2.34. The van der Waals surface area contributed by atoms with Crippen molar-refractivity contribution in [2.45, 2.75) is 31.7 Å². The van der Waals surface area contributed by atoms with Crippen LogP contribution in [0.2, 0.25) is 0 Å². The summed E-state index contributed by atoms with van der Waals surface area (Å²) in [6.07, 6.45) is 4.85. The molecule has 0 aliphatic heterocycles. The number of rotatable bonds is 5. The van der Waals surface area contributed by atoms with E-state index in [-0.39, 0.29) is 5.56 Å². The van der Waals surface area contributed by atoms with Gasteiger partial charge in [0, 0.05) is 18.3 Å². The van der Waals surface area contributed by atoms with Crippen molar-refractivity contribution < 1.29 is 14.3 Å². The van der Waals surface area contributed by atoms with Crippen LogP contribution in [-0.2, 0) is 0 Å². The van der Waals surface area contributed by atoms with E-state index in [4.69, 9.17) is 5.11 Å². The zero-order chi connectivity index (χ0) is 12.7. The Balaban J connectivity index is 1.84. The van der Waals surface area contributed by atoms with Crippen molar-refractivity contribution in [3.8, 4) is 0 Å². The summed E-state index contributed by atoms with van der Waals surface area (Å²) in [6, 6.07) is 4.99. The summed E-state index contributed by atoms with van der Waals surface area (Å²) in [5.74, 6) is -1.10. The van der Waals surface area contributed by atoms with E-state index < -0.39 is 11.8 Å². The van der Waals surface area contributed by atoms with Crippen LogP contribution in [0, 0.1) is 11.7 Å². The van der Waals surface area contributed by atoms with Crippen LogP contribution in [0.15, 0.2) is 18.2 Å². The largest absolute Gasteiger partial charge is 0.478 e. The lowest BCUT2D eigenvalue weighted by atomic mass is 10.1. The van der Waals surface area contributed by atoms with Gasteiger partial charge in [-0.3, -0.25) is 0 Å². The highest BCUT2D eigenvalue weighted by atomic mass is 19.1. The van der Waals surface area contributed by atoms with E-state index in [1.165, 1.54) is 25.0 Å². The van der Waals surface area contributed by atoms with E-state index in [1.807, 2.05) is 0 Å². The average molecular weight is 249 g/mol. The zero-order valence-corrected chi connectivity index (χ0v) is 10.1. The first-order chi connectivity index (χ1) is 8.65. The molecule has 0 heterocycles. The summed E-state index contributed by atoms with van der Waals surface area (Å²) >= 11 is 0. The zero-order valence-electron chi connectivity index (χ0n) is 10.1. The molecular formula is C14H16FNO2. The second-order valence-electron chi connectivity index (χ2n) is 5.30. The third-order valence-electron chi connectivity index (χ3n) is 3.65. The number of nitrogens with zero attached hydrogens (tertiary/aromatic N) is 1. The van der Waals surface area contributed by atoms with Crippen molar-refractivity contribution in [3.05, 3.63) is 29.6 Å². The molecule has 2 aliphatic rings. The van der Waals surface area contributed by atoms with Crippen LogP contribution in [0.4, 0.5) is 10.1 Å². The smallest absolute Gasteiger partial charge is 0.338 e. The number of hydrogen-bond acceptors (Lipinski definition) is 2. The van der Waals surface area contributed by atoms with Crippen LogP contribution >= 0.6 is 0 Å². The number of hydrogen-bond donors (Lipinski definition) is 1. The molecule has 0 unspecified atom stereocenters. The molecule has 0 atom stereocenters. The molecule has 18 heavy (non-hydrogen) atoms. The SMILES string of the molecule is O=C(O)c1ccc(N(CC2CC2)C2CC2)cc1F. The molecule has 1 aromatic rings. The monoisotopic (exact) mass is 249 g/mol. The topological polar surface area (TPSA) is 40.5 Å². The van der Waals surface area contributed by atoms with Crippen molar-refractivity contribution in [1.82, 2.24) is 0 Å². The molecule has 3 rings (SSSR count). The molecule has 2 fully saturated rings. The molecule has 3 nitrogen and oxygen atoms in total. The van der Waals surface area contributed by atoms with Crippen molar-refractivity contribution >= 4 is 11.7 Å². The minimum atomic E-state index is -1.21. The second kappa shape index (κ2) is 4.26. The third kappa shape index (κ3) is 2.33. The summed E-state index contributed by atoms with van der Waals surface area (Å²) in [5, 5.41) is 8.82. The minimum absolute atomic E-state index is 0.249. The van der Waals surface area contributed by atoms with Gasteiger partial charge in [-0.1, -0.05) is 0 Å². The van der Waals surface area contributed by atoms with E-state index in [2.05, 4.69) is 4.90 Å². The molecule has 0 spiro atoms. The molecule has 0 amide bonds. The Kier molecular flexibility index (Phi) is 2.73. The van der Waals surface area contributed by atoms with Gasteiger partial charge in [-0.15, -0.1) is 0 Å². The van der Waals surface area contributed by atoms with Gasteiger partial charge in [0.2, 0.25) is 0 Å². The fraction of sp³-hybridized carbons (Fsp3) is 0.500. The summed E-state index contributed by atoms with van der Waals surface area (Å²) < 4.78 is 13.7. The van der Waals surface area contributed by atoms with Crippen molar-refractivity contribution in [2.24, 2.45) is 5.92 Å². The van der Waals surface area contributed by atoms with Crippen LogP contribution in [0.25, 0.3) is 0 Å². The Morgan fingerprint density at radius 3 is 2.56 bits per heavy atom. The van der Waals surface area contributed by atoms with Gasteiger partial charge in [-0.05, 0) is 49.8 Å². The Morgan fingerprint density at radius 1 is 1.33 bits per heavy atom. The molecule has 96 valence electrons. The fourth-order valence-electron chi connectivity index (χ4n) is 2.29. The second-order valence-corrected chi connectivity index (χ2v) is 5.30. The Labute approximate surface area is 105 Å². The molecule has 0 radical (unpaired) electrons. The maximum absolute atomic E-state index is 13.7. The normalized spacial score (nSPS) is 18.7.